The number of carbonyl (C=O) groups is 5. The molecule has 4 aliphatic rings. The second-order valence-electron chi connectivity index (χ2n) is 11.5. The van der Waals surface area contributed by atoms with E-state index in [1.54, 1.807) is 19.9 Å². The Kier molecular flexibility index (Phi) is 17.3. The maximum absolute atomic E-state index is 11.9. The van der Waals surface area contributed by atoms with Gasteiger partial charge in [-0.2, -0.15) is 0 Å². The standard InChI is InChI=1S/C13H20O6.C10H16O4.C9H13BrO4/c1-4-18-11(15)13(12(16)19-5-2)7-9(8-13)6-10(14)17-3;1-12-9(11)5-8-6-10(7-8)13-3-2-4-14-10;1-12-8(11)3-2-4-9(7-10)13-5-6-14-9/h9H,4-8H2,1-3H3;8H,2-7H2,1H3;2-3H,4-7H2,1H3/b;;3-2+. The van der Waals surface area contributed by atoms with Gasteiger partial charge in [0.15, 0.2) is 17.0 Å². The minimum atomic E-state index is -1.23. The number of hydrogen-bond donors (Lipinski definition) is 0. The summed E-state index contributed by atoms with van der Waals surface area (Å²) in [5.41, 5.74) is -1.23. The molecule has 0 aromatic heterocycles. The molecule has 0 unspecified atom stereocenters. The van der Waals surface area contributed by atoms with Gasteiger partial charge in [0.25, 0.3) is 0 Å². The number of carbonyl (C=O) groups excluding carboxylic acids is 5. The smallest absolute Gasteiger partial charge is 0.330 e. The van der Waals surface area contributed by atoms with Crippen molar-refractivity contribution >= 4 is 45.8 Å². The van der Waals surface area contributed by atoms with Crippen molar-refractivity contribution in [1.29, 1.82) is 0 Å². The van der Waals surface area contributed by atoms with E-state index in [9.17, 15) is 24.0 Å². The lowest BCUT2D eigenvalue weighted by atomic mass is 9.61. The molecule has 1 spiro atoms. The first-order chi connectivity index (χ1) is 22.5. The number of hydrogen-bond acceptors (Lipinski definition) is 14. The predicted octanol–water partition coefficient (Wildman–Crippen LogP) is 3.41. The maximum atomic E-state index is 11.9. The molecular formula is C32H49BrO14. The van der Waals surface area contributed by atoms with Crippen molar-refractivity contribution in [1.82, 2.24) is 0 Å². The summed E-state index contributed by atoms with van der Waals surface area (Å²) in [7, 11) is 4.07. The van der Waals surface area contributed by atoms with Gasteiger partial charge in [0.05, 0.1) is 66.3 Å². The lowest BCUT2D eigenvalue weighted by Crippen LogP contribution is -2.52. The molecule has 0 N–H and O–H groups in total. The fourth-order valence-corrected chi connectivity index (χ4v) is 6.18. The van der Waals surface area contributed by atoms with Crippen LogP contribution in [0.1, 0.15) is 65.2 Å². The van der Waals surface area contributed by atoms with Gasteiger partial charge in [-0.3, -0.25) is 19.2 Å². The largest absolute Gasteiger partial charge is 0.469 e. The van der Waals surface area contributed by atoms with Crippen LogP contribution in [0.25, 0.3) is 0 Å². The topological polar surface area (TPSA) is 168 Å². The molecule has 2 saturated heterocycles. The van der Waals surface area contributed by atoms with Gasteiger partial charge in [0, 0.05) is 38.2 Å². The summed E-state index contributed by atoms with van der Waals surface area (Å²) in [6.45, 7) is 6.54. The van der Waals surface area contributed by atoms with E-state index < -0.39 is 23.1 Å². The molecule has 4 fully saturated rings. The normalized spacial score (nSPS) is 21.8. The number of rotatable bonds is 12. The molecule has 4 rings (SSSR count). The molecule has 0 bridgehead atoms. The third-order valence-electron chi connectivity index (χ3n) is 8.09. The zero-order chi connectivity index (χ0) is 34.9. The Balaban J connectivity index is 0.000000249. The lowest BCUT2D eigenvalue weighted by Gasteiger charge is -2.48. The zero-order valence-corrected chi connectivity index (χ0v) is 29.6. The molecule has 15 heteroatoms. The molecule has 2 aliphatic heterocycles. The number of ether oxygens (including phenoxy) is 9. The fourth-order valence-electron chi connectivity index (χ4n) is 5.63. The number of halogens is 1. The SMILES string of the molecule is CCOC(=O)C1(C(=O)OCC)CC(CC(=O)OC)C1.COC(=O)/C=C/CC1(CBr)OCCO1.COC(=O)CC1CC2(C1)OCCCO2. The highest BCUT2D eigenvalue weighted by Crippen LogP contribution is 2.49. The molecule has 0 atom stereocenters. The van der Waals surface area contributed by atoms with Crippen LogP contribution in [-0.2, 0) is 66.6 Å². The van der Waals surface area contributed by atoms with Crippen LogP contribution in [0, 0.1) is 17.3 Å². The highest BCUT2D eigenvalue weighted by Gasteiger charge is 2.58. The Morgan fingerprint density at radius 1 is 0.723 bits per heavy atom. The molecule has 14 nitrogen and oxygen atoms in total. The van der Waals surface area contributed by atoms with Crippen molar-refractivity contribution in [2.75, 3.05) is 66.3 Å². The first-order valence-electron chi connectivity index (χ1n) is 15.8. The molecule has 0 aromatic rings. The fraction of sp³-hybridized carbons (Fsp3) is 0.781. The van der Waals surface area contributed by atoms with Crippen molar-refractivity contribution in [3.63, 3.8) is 0 Å². The van der Waals surface area contributed by atoms with E-state index in [0.717, 1.165) is 32.5 Å². The molecule has 0 aromatic carbocycles. The first-order valence-corrected chi connectivity index (χ1v) is 16.9. The van der Waals surface area contributed by atoms with Gasteiger partial charge in [0.1, 0.15) is 0 Å². The van der Waals surface area contributed by atoms with Crippen LogP contribution in [0.4, 0.5) is 0 Å². The van der Waals surface area contributed by atoms with Gasteiger partial charge >= 0.3 is 29.8 Å². The van der Waals surface area contributed by atoms with Gasteiger partial charge < -0.3 is 42.6 Å². The number of alkyl halides is 1. The van der Waals surface area contributed by atoms with Crippen LogP contribution in [-0.4, -0.2) is 108 Å². The van der Waals surface area contributed by atoms with Crippen molar-refractivity contribution in [3.05, 3.63) is 12.2 Å². The molecule has 2 heterocycles. The van der Waals surface area contributed by atoms with E-state index >= 15 is 0 Å². The summed E-state index contributed by atoms with van der Waals surface area (Å²) in [4.78, 5) is 56.8. The van der Waals surface area contributed by atoms with Gasteiger partial charge in [-0.05, 0) is 44.9 Å². The van der Waals surface area contributed by atoms with Crippen molar-refractivity contribution in [2.45, 2.75) is 76.8 Å². The highest BCUT2D eigenvalue weighted by atomic mass is 79.9. The summed E-state index contributed by atoms with van der Waals surface area (Å²) in [6, 6.07) is 0. The second kappa shape index (κ2) is 20.0. The molecule has 2 aliphatic carbocycles. The van der Waals surface area contributed by atoms with E-state index in [1.807, 2.05) is 0 Å². The quantitative estimate of drug-likeness (QED) is 0.0940. The van der Waals surface area contributed by atoms with Gasteiger partial charge in [-0.15, -0.1) is 0 Å². The summed E-state index contributed by atoms with van der Waals surface area (Å²) >= 11 is 3.32. The van der Waals surface area contributed by atoms with Crippen molar-refractivity contribution in [3.8, 4) is 0 Å². The van der Waals surface area contributed by atoms with E-state index in [2.05, 4.69) is 30.1 Å². The third-order valence-corrected chi connectivity index (χ3v) is 8.95. The second-order valence-corrected chi connectivity index (χ2v) is 12.0. The Morgan fingerprint density at radius 2 is 1.21 bits per heavy atom. The lowest BCUT2D eigenvalue weighted by molar-refractivity contribution is -0.318. The van der Waals surface area contributed by atoms with Crippen LogP contribution in [0.2, 0.25) is 0 Å². The van der Waals surface area contributed by atoms with E-state index in [4.69, 9.17) is 28.4 Å². The zero-order valence-electron chi connectivity index (χ0n) is 28.0. The summed E-state index contributed by atoms with van der Waals surface area (Å²) in [5, 5.41) is 0.589. The average Bonchev–Trinajstić information content (AvgIpc) is 3.52. The summed E-state index contributed by atoms with van der Waals surface area (Å²) < 4.78 is 45.5. The Labute approximate surface area is 284 Å². The number of methoxy groups -OCH3 is 3. The third kappa shape index (κ3) is 12.1. The van der Waals surface area contributed by atoms with Crippen LogP contribution in [0.15, 0.2) is 12.2 Å². The summed E-state index contributed by atoms with van der Waals surface area (Å²) in [5.74, 6) is -2.59. The first kappa shape index (κ1) is 40.6. The van der Waals surface area contributed by atoms with Gasteiger partial charge in [0.2, 0.25) is 0 Å². The minimum Gasteiger partial charge on any atom is -0.469 e. The molecule has 0 radical (unpaired) electrons. The number of esters is 5. The molecule has 2 saturated carbocycles. The van der Waals surface area contributed by atoms with Gasteiger partial charge in [-0.1, -0.05) is 22.0 Å². The molecule has 268 valence electrons. The predicted molar refractivity (Wildman–Crippen MR) is 168 cm³/mol. The summed E-state index contributed by atoms with van der Waals surface area (Å²) in [6.07, 6.45) is 7.50. The monoisotopic (exact) mass is 736 g/mol. The van der Waals surface area contributed by atoms with Gasteiger partial charge in [-0.25, -0.2) is 4.79 Å². The Bertz CT molecular complexity index is 1030. The molecule has 47 heavy (non-hydrogen) atoms. The minimum absolute atomic E-state index is 0.0405. The van der Waals surface area contributed by atoms with Crippen molar-refractivity contribution < 1.29 is 66.6 Å². The molecular weight excluding hydrogens is 688 g/mol. The van der Waals surface area contributed by atoms with E-state index in [-0.39, 0.29) is 62.1 Å². The van der Waals surface area contributed by atoms with Crippen LogP contribution < -0.4 is 0 Å². The Morgan fingerprint density at radius 3 is 1.64 bits per heavy atom. The maximum Gasteiger partial charge on any atom is 0.330 e. The van der Waals surface area contributed by atoms with E-state index in [0.29, 0.717) is 37.3 Å². The van der Waals surface area contributed by atoms with Crippen LogP contribution in [0.5, 0.6) is 0 Å². The molecule has 0 amide bonds. The average molecular weight is 738 g/mol. The Hall–Kier alpha value is -2.59. The van der Waals surface area contributed by atoms with E-state index in [1.165, 1.54) is 27.4 Å². The van der Waals surface area contributed by atoms with Crippen LogP contribution in [0.3, 0.4) is 0 Å². The van der Waals surface area contributed by atoms with Crippen molar-refractivity contribution in [2.24, 2.45) is 17.3 Å². The van der Waals surface area contributed by atoms with Crippen LogP contribution >= 0.6 is 15.9 Å². The highest BCUT2D eigenvalue weighted by molar-refractivity contribution is 9.09.